The van der Waals surface area contributed by atoms with Crippen molar-refractivity contribution in [3.63, 3.8) is 0 Å². The van der Waals surface area contributed by atoms with E-state index in [1.165, 1.54) is 5.56 Å². The summed E-state index contributed by atoms with van der Waals surface area (Å²) >= 11 is 10.8. The molecule has 2 N–H and O–H groups in total. The Balaban J connectivity index is 2.25. The van der Waals surface area contributed by atoms with Gasteiger partial charge in [-0.3, -0.25) is 4.68 Å². The van der Waals surface area contributed by atoms with Crippen molar-refractivity contribution in [1.29, 1.82) is 0 Å². The van der Waals surface area contributed by atoms with Crippen LogP contribution in [0.15, 0.2) is 30.6 Å². The molecule has 2 rings (SSSR count). The second-order valence-electron chi connectivity index (χ2n) is 3.86. The van der Waals surface area contributed by atoms with Crippen molar-refractivity contribution in [1.82, 2.24) is 9.78 Å². The van der Waals surface area contributed by atoms with Crippen LogP contribution < -0.4 is 5.73 Å². The van der Waals surface area contributed by atoms with Crippen molar-refractivity contribution in [2.45, 2.75) is 13.5 Å². The number of benzene rings is 1. The van der Waals surface area contributed by atoms with Gasteiger partial charge in [0.25, 0.3) is 0 Å². The smallest absolute Gasteiger partial charge is 0.103 e. The summed E-state index contributed by atoms with van der Waals surface area (Å²) in [6.45, 7) is 2.72. The van der Waals surface area contributed by atoms with E-state index in [1.54, 1.807) is 17.1 Å². The highest BCUT2D eigenvalue weighted by atomic mass is 35.5. The maximum Gasteiger partial charge on any atom is 0.103 e. The van der Waals surface area contributed by atoms with Crippen molar-refractivity contribution < 1.29 is 0 Å². The number of nitrogens with zero attached hydrogens (tertiary/aromatic N) is 2. The van der Waals surface area contributed by atoms with Crippen molar-refractivity contribution >= 4 is 28.8 Å². The number of rotatable bonds is 3. The Morgan fingerprint density at radius 2 is 2.29 bits per heavy atom. The van der Waals surface area contributed by atoms with Crippen LogP contribution in [0.5, 0.6) is 0 Å². The molecule has 0 fully saturated rings. The zero-order valence-corrected chi connectivity index (χ0v) is 10.9. The molecule has 0 bridgehead atoms. The molecule has 1 aromatic carbocycles. The van der Waals surface area contributed by atoms with E-state index >= 15 is 0 Å². The minimum Gasteiger partial charge on any atom is -0.389 e. The Labute approximate surface area is 110 Å². The van der Waals surface area contributed by atoms with Gasteiger partial charge in [-0.05, 0) is 24.1 Å². The van der Waals surface area contributed by atoms with Gasteiger partial charge in [0, 0.05) is 11.8 Å². The van der Waals surface area contributed by atoms with Gasteiger partial charge in [0.1, 0.15) is 4.99 Å². The zero-order chi connectivity index (χ0) is 12.4. The van der Waals surface area contributed by atoms with E-state index in [9.17, 15) is 0 Å². The van der Waals surface area contributed by atoms with Crippen LogP contribution in [0.25, 0.3) is 0 Å². The predicted molar refractivity (Wildman–Crippen MR) is 73.4 cm³/mol. The molecular formula is C12H12ClN3S. The summed E-state index contributed by atoms with van der Waals surface area (Å²) in [5, 5.41) is 4.79. The molecular weight excluding hydrogens is 254 g/mol. The van der Waals surface area contributed by atoms with Gasteiger partial charge in [0.2, 0.25) is 0 Å². The number of hydrogen-bond donors (Lipinski definition) is 1. The quantitative estimate of drug-likeness (QED) is 0.868. The molecule has 17 heavy (non-hydrogen) atoms. The Kier molecular flexibility index (Phi) is 3.45. The molecule has 0 unspecified atom stereocenters. The third-order valence-electron chi connectivity index (χ3n) is 2.56. The van der Waals surface area contributed by atoms with Crippen LogP contribution in [0.2, 0.25) is 5.02 Å². The molecule has 0 aliphatic rings. The van der Waals surface area contributed by atoms with Crippen molar-refractivity contribution in [3.05, 3.63) is 52.3 Å². The van der Waals surface area contributed by atoms with Crippen LogP contribution in [0, 0.1) is 6.92 Å². The first-order valence-corrected chi connectivity index (χ1v) is 5.92. The van der Waals surface area contributed by atoms with E-state index < -0.39 is 0 Å². The average Bonchev–Trinajstić information content (AvgIpc) is 2.67. The molecule has 1 aromatic heterocycles. The van der Waals surface area contributed by atoms with E-state index in [4.69, 9.17) is 29.6 Å². The van der Waals surface area contributed by atoms with Gasteiger partial charge in [-0.2, -0.15) is 5.10 Å². The summed E-state index contributed by atoms with van der Waals surface area (Å²) < 4.78 is 1.80. The van der Waals surface area contributed by atoms with Gasteiger partial charge in [-0.15, -0.1) is 0 Å². The molecule has 88 valence electrons. The van der Waals surface area contributed by atoms with Crippen LogP contribution in [0.3, 0.4) is 0 Å². The third kappa shape index (κ3) is 2.84. The Bertz CT molecular complexity index is 563. The lowest BCUT2D eigenvalue weighted by Crippen LogP contribution is -2.10. The molecule has 0 saturated carbocycles. The summed E-state index contributed by atoms with van der Waals surface area (Å²) in [5.74, 6) is 0. The summed E-state index contributed by atoms with van der Waals surface area (Å²) in [7, 11) is 0. The van der Waals surface area contributed by atoms with E-state index in [-0.39, 0.29) is 0 Å². The molecule has 0 aliphatic carbocycles. The molecule has 0 saturated heterocycles. The highest BCUT2D eigenvalue weighted by Crippen LogP contribution is 2.14. The molecule has 0 aliphatic heterocycles. The summed E-state index contributed by atoms with van der Waals surface area (Å²) in [4.78, 5) is 0.418. The number of halogens is 1. The molecule has 0 spiro atoms. The average molecular weight is 266 g/mol. The lowest BCUT2D eigenvalue weighted by Gasteiger charge is -2.08. The topological polar surface area (TPSA) is 43.8 Å². The predicted octanol–water partition coefficient (Wildman–Crippen LogP) is 2.53. The van der Waals surface area contributed by atoms with Crippen molar-refractivity contribution in [2.24, 2.45) is 5.73 Å². The van der Waals surface area contributed by atoms with E-state index in [0.717, 1.165) is 11.1 Å². The van der Waals surface area contributed by atoms with Crippen LogP contribution in [0.1, 0.15) is 16.7 Å². The molecule has 0 atom stereocenters. The van der Waals surface area contributed by atoms with Gasteiger partial charge in [0.05, 0.1) is 17.8 Å². The van der Waals surface area contributed by atoms with Crippen LogP contribution >= 0.6 is 23.8 Å². The second-order valence-corrected chi connectivity index (χ2v) is 4.74. The van der Waals surface area contributed by atoms with E-state index in [1.807, 2.05) is 25.1 Å². The first-order valence-electron chi connectivity index (χ1n) is 5.13. The third-order valence-corrected chi connectivity index (χ3v) is 2.99. The number of aromatic nitrogens is 2. The SMILES string of the molecule is Cc1cc(C(N)=S)ccc1Cn1cc(Cl)cn1. The normalized spacial score (nSPS) is 10.5. The Morgan fingerprint density at radius 3 is 2.82 bits per heavy atom. The number of hydrogen-bond acceptors (Lipinski definition) is 2. The van der Waals surface area contributed by atoms with Crippen LogP contribution in [-0.2, 0) is 6.54 Å². The van der Waals surface area contributed by atoms with Crippen LogP contribution in [-0.4, -0.2) is 14.8 Å². The standard InChI is InChI=1S/C12H12ClN3S/c1-8-4-9(12(14)17)2-3-10(8)6-16-7-11(13)5-15-16/h2-5,7H,6H2,1H3,(H2,14,17). The Hall–Kier alpha value is -1.39. The molecule has 5 heteroatoms. The lowest BCUT2D eigenvalue weighted by atomic mass is 10.1. The number of aryl methyl sites for hydroxylation is 1. The number of thiocarbonyl (C=S) groups is 1. The molecule has 1 heterocycles. The lowest BCUT2D eigenvalue weighted by molar-refractivity contribution is 0.684. The molecule has 2 aromatic rings. The van der Waals surface area contributed by atoms with Gasteiger partial charge in [0.15, 0.2) is 0 Å². The molecule has 0 radical (unpaired) electrons. The maximum absolute atomic E-state index is 5.82. The summed E-state index contributed by atoms with van der Waals surface area (Å²) in [5.41, 5.74) is 8.79. The minimum absolute atomic E-state index is 0.418. The Morgan fingerprint density at radius 1 is 1.53 bits per heavy atom. The van der Waals surface area contributed by atoms with E-state index in [2.05, 4.69) is 5.10 Å². The fourth-order valence-corrected chi connectivity index (χ4v) is 1.91. The fourth-order valence-electron chi connectivity index (χ4n) is 1.63. The monoisotopic (exact) mass is 265 g/mol. The van der Waals surface area contributed by atoms with E-state index in [0.29, 0.717) is 16.6 Å². The number of nitrogens with two attached hydrogens (primary N) is 1. The van der Waals surface area contributed by atoms with Gasteiger partial charge >= 0.3 is 0 Å². The summed E-state index contributed by atoms with van der Waals surface area (Å²) in [6.07, 6.45) is 3.42. The van der Waals surface area contributed by atoms with Gasteiger partial charge in [-0.1, -0.05) is 36.0 Å². The highest BCUT2D eigenvalue weighted by Gasteiger charge is 2.04. The largest absolute Gasteiger partial charge is 0.389 e. The highest BCUT2D eigenvalue weighted by molar-refractivity contribution is 7.80. The maximum atomic E-state index is 5.82. The summed E-state index contributed by atoms with van der Waals surface area (Å²) in [6, 6.07) is 5.93. The van der Waals surface area contributed by atoms with Crippen molar-refractivity contribution in [3.8, 4) is 0 Å². The second kappa shape index (κ2) is 4.85. The first-order chi connectivity index (χ1) is 8.06. The first kappa shape index (κ1) is 12.1. The minimum atomic E-state index is 0.418. The molecule has 0 amide bonds. The molecule has 3 nitrogen and oxygen atoms in total. The van der Waals surface area contributed by atoms with Gasteiger partial charge < -0.3 is 5.73 Å². The fraction of sp³-hybridized carbons (Fsp3) is 0.167. The van der Waals surface area contributed by atoms with Crippen LogP contribution in [0.4, 0.5) is 0 Å². The zero-order valence-electron chi connectivity index (χ0n) is 9.35. The van der Waals surface area contributed by atoms with Gasteiger partial charge in [-0.25, -0.2) is 0 Å². The van der Waals surface area contributed by atoms with Crippen molar-refractivity contribution in [2.75, 3.05) is 0 Å².